The van der Waals surface area contributed by atoms with Gasteiger partial charge in [-0.1, -0.05) is 17.8 Å². The van der Waals surface area contributed by atoms with E-state index in [1.807, 2.05) is 0 Å². The van der Waals surface area contributed by atoms with E-state index in [1.54, 1.807) is 16.0 Å². The van der Waals surface area contributed by atoms with Crippen molar-refractivity contribution in [2.45, 2.75) is 17.9 Å². The molecule has 1 N–H and O–H groups in total. The highest BCUT2D eigenvalue weighted by molar-refractivity contribution is 7.99. The second-order valence-electron chi connectivity index (χ2n) is 4.89. The Bertz CT molecular complexity index is 743. The van der Waals surface area contributed by atoms with Crippen molar-refractivity contribution in [1.82, 2.24) is 20.1 Å². The number of halogens is 4. The Morgan fingerprint density at radius 2 is 1.96 bits per heavy atom. The summed E-state index contributed by atoms with van der Waals surface area (Å²) in [5, 5.41) is 10.1. The molecule has 1 amide bonds. The molecule has 0 spiro atoms. The highest BCUT2D eigenvalue weighted by atomic mass is 32.2. The van der Waals surface area contributed by atoms with E-state index < -0.39 is 24.4 Å². The fraction of sp³-hybridized carbons (Fsp3) is 0.267. The summed E-state index contributed by atoms with van der Waals surface area (Å²) in [5.41, 5.74) is 0.615. The lowest BCUT2D eigenvalue weighted by Crippen LogP contribution is -2.34. The van der Waals surface area contributed by atoms with E-state index in [4.69, 9.17) is 0 Å². The molecule has 0 aliphatic rings. The van der Waals surface area contributed by atoms with Gasteiger partial charge in [0.25, 0.3) is 0 Å². The number of benzene rings is 1. The van der Waals surface area contributed by atoms with Gasteiger partial charge in [-0.05, 0) is 24.3 Å². The third-order valence-electron chi connectivity index (χ3n) is 2.95. The van der Waals surface area contributed by atoms with Crippen molar-refractivity contribution in [3.05, 3.63) is 42.7 Å². The lowest BCUT2D eigenvalue weighted by molar-refractivity contribution is -0.136. The van der Waals surface area contributed by atoms with Crippen LogP contribution in [0.25, 0.3) is 11.4 Å². The van der Waals surface area contributed by atoms with Crippen molar-refractivity contribution >= 4 is 17.7 Å². The molecule has 0 saturated carbocycles. The van der Waals surface area contributed by atoms with Gasteiger partial charge in [-0.25, -0.2) is 4.39 Å². The molecule has 0 bridgehead atoms. The van der Waals surface area contributed by atoms with Gasteiger partial charge in [0, 0.05) is 12.1 Å². The summed E-state index contributed by atoms with van der Waals surface area (Å²) in [6, 6.07) is 5.62. The van der Waals surface area contributed by atoms with Crippen LogP contribution in [-0.4, -0.2) is 39.1 Å². The summed E-state index contributed by atoms with van der Waals surface area (Å²) in [4.78, 5) is 11.5. The van der Waals surface area contributed by atoms with Gasteiger partial charge in [0.2, 0.25) is 5.91 Å². The first kappa shape index (κ1) is 19.0. The molecule has 25 heavy (non-hydrogen) atoms. The smallest absolute Gasteiger partial charge is 0.346 e. The molecule has 10 heteroatoms. The first-order valence-electron chi connectivity index (χ1n) is 7.06. The Kier molecular flexibility index (Phi) is 6.18. The van der Waals surface area contributed by atoms with E-state index in [0.29, 0.717) is 23.1 Å². The first-order valence-corrected chi connectivity index (χ1v) is 8.05. The third-order valence-corrected chi connectivity index (χ3v) is 3.92. The number of carbonyl (C=O) groups excluding carboxylic acids is 1. The number of nitrogens with one attached hydrogen (secondary N) is 1. The van der Waals surface area contributed by atoms with Crippen molar-refractivity contribution in [3.8, 4) is 11.4 Å². The fourth-order valence-corrected chi connectivity index (χ4v) is 2.66. The highest BCUT2D eigenvalue weighted by Crippen LogP contribution is 2.24. The number of hydrogen-bond donors (Lipinski definition) is 1. The van der Waals surface area contributed by atoms with Gasteiger partial charge < -0.3 is 5.32 Å². The van der Waals surface area contributed by atoms with Crippen LogP contribution >= 0.6 is 11.8 Å². The Labute approximate surface area is 145 Å². The number of amides is 1. The monoisotopic (exact) mass is 374 g/mol. The molecule has 1 aromatic carbocycles. The van der Waals surface area contributed by atoms with Crippen LogP contribution in [0.4, 0.5) is 17.6 Å². The van der Waals surface area contributed by atoms with Crippen LogP contribution in [0.15, 0.2) is 42.1 Å². The molecule has 0 saturated heterocycles. The molecule has 0 radical (unpaired) electrons. The molecule has 0 fully saturated rings. The van der Waals surface area contributed by atoms with Crippen LogP contribution in [0.5, 0.6) is 0 Å². The molecule has 0 atom stereocenters. The Hall–Kier alpha value is -2.36. The predicted molar refractivity (Wildman–Crippen MR) is 85.4 cm³/mol. The fourth-order valence-electron chi connectivity index (χ4n) is 1.88. The van der Waals surface area contributed by atoms with Crippen LogP contribution in [0.3, 0.4) is 0 Å². The molecule has 134 valence electrons. The topological polar surface area (TPSA) is 59.8 Å². The molecule has 0 aliphatic heterocycles. The molecule has 1 aromatic heterocycles. The maximum atomic E-state index is 13.0. The minimum absolute atomic E-state index is 0.241. The maximum Gasteiger partial charge on any atom is 0.405 e. The number of carbonyl (C=O) groups is 1. The minimum atomic E-state index is -4.46. The van der Waals surface area contributed by atoms with E-state index in [-0.39, 0.29) is 5.75 Å². The SMILES string of the molecule is C=CCn1c(SCC(=O)NCC(F)(F)F)nnc1-c1ccc(F)cc1. The Morgan fingerprint density at radius 1 is 1.28 bits per heavy atom. The van der Waals surface area contributed by atoms with E-state index in [2.05, 4.69) is 16.8 Å². The highest BCUT2D eigenvalue weighted by Gasteiger charge is 2.27. The van der Waals surface area contributed by atoms with Crippen molar-refractivity contribution in [2.75, 3.05) is 12.3 Å². The van der Waals surface area contributed by atoms with Crippen molar-refractivity contribution in [2.24, 2.45) is 0 Å². The second kappa shape index (κ2) is 8.15. The second-order valence-corrected chi connectivity index (χ2v) is 5.84. The molecule has 2 aromatic rings. The zero-order valence-corrected chi connectivity index (χ0v) is 13.7. The average molecular weight is 374 g/mol. The van der Waals surface area contributed by atoms with Gasteiger partial charge in [-0.15, -0.1) is 16.8 Å². The van der Waals surface area contributed by atoms with Crippen LogP contribution in [0.1, 0.15) is 0 Å². The first-order chi connectivity index (χ1) is 11.8. The Morgan fingerprint density at radius 3 is 2.56 bits per heavy atom. The van der Waals surface area contributed by atoms with Crippen LogP contribution in [0.2, 0.25) is 0 Å². The lowest BCUT2D eigenvalue weighted by atomic mass is 10.2. The summed E-state index contributed by atoms with van der Waals surface area (Å²) < 4.78 is 50.9. The van der Waals surface area contributed by atoms with Gasteiger partial charge in [-0.3, -0.25) is 9.36 Å². The maximum absolute atomic E-state index is 13.0. The Balaban J connectivity index is 2.09. The van der Waals surface area contributed by atoms with Gasteiger partial charge >= 0.3 is 6.18 Å². The summed E-state index contributed by atoms with van der Waals surface area (Å²) in [7, 11) is 0. The largest absolute Gasteiger partial charge is 0.405 e. The molecule has 0 unspecified atom stereocenters. The van der Waals surface area contributed by atoms with E-state index >= 15 is 0 Å². The average Bonchev–Trinajstić information content (AvgIpc) is 2.94. The molecule has 2 rings (SSSR count). The van der Waals surface area contributed by atoms with E-state index in [1.165, 1.54) is 24.3 Å². The summed E-state index contributed by atoms with van der Waals surface area (Å²) in [6.45, 7) is 2.57. The number of hydrogen-bond acceptors (Lipinski definition) is 4. The number of nitrogens with zero attached hydrogens (tertiary/aromatic N) is 3. The molecule has 0 aliphatic carbocycles. The standard InChI is InChI=1S/C15H14F4N4OS/c1-2-7-23-13(10-3-5-11(16)6-4-10)21-22-14(23)25-8-12(24)20-9-15(17,18)19/h2-6H,1,7-9H2,(H,20,24). The van der Waals surface area contributed by atoms with Crippen molar-refractivity contribution in [3.63, 3.8) is 0 Å². The van der Waals surface area contributed by atoms with Gasteiger partial charge in [0.05, 0.1) is 5.75 Å². The van der Waals surface area contributed by atoms with Gasteiger partial charge in [-0.2, -0.15) is 13.2 Å². The van der Waals surface area contributed by atoms with E-state index in [0.717, 1.165) is 11.8 Å². The third kappa shape index (κ3) is 5.59. The van der Waals surface area contributed by atoms with Crippen LogP contribution < -0.4 is 5.32 Å². The zero-order valence-electron chi connectivity index (χ0n) is 12.9. The number of rotatable bonds is 7. The van der Waals surface area contributed by atoms with Crippen molar-refractivity contribution < 1.29 is 22.4 Å². The molecule has 1 heterocycles. The van der Waals surface area contributed by atoms with Gasteiger partial charge in [0.15, 0.2) is 11.0 Å². The zero-order chi connectivity index (χ0) is 18.4. The molecule has 5 nitrogen and oxygen atoms in total. The quantitative estimate of drug-likeness (QED) is 0.460. The summed E-state index contributed by atoms with van der Waals surface area (Å²) in [6.07, 6.45) is -2.87. The number of alkyl halides is 3. The predicted octanol–water partition coefficient (Wildman–Crippen LogP) is 3.04. The minimum Gasteiger partial charge on any atom is -0.346 e. The number of allylic oxidation sites excluding steroid dienone is 1. The summed E-state index contributed by atoms with van der Waals surface area (Å²) in [5.74, 6) is -0.958. The van der Waals surface area contributed by atoms with Crippen LogP contribution in [0, 0.1) is 5.82 Å². The summed E-state index contributed by atoms with van der Waals surface area (Å²) >= 11 is 0.952. The molecular formula is C15H14F4N4OS. The lowest BCUT2D eigenvalue weighted by Gasteiger charge is -2.09. The number of aromatic nitrogens is 3. The van der Waals surface area contributed by atoms with Crippen LogP contribution in [-0.2, 0) is 11.3 Å². The number of thioether (sulfide) groups is 1. The van der Waals surface area contributed by atoms with Gasteiger partial charge in [0.1, 0.15) is 12.4 Å². The molecular weight excluding hydrogens is 360 g/mol. The van der Waals surface area contributed by atoms with Crippen molar-refractivity contribution in [1.29, 1.82) is 0 Å². The van der Waals surface area contributed by atoms with E-state index in [9.17, 15) is 22.4 Å². The normalized spacial score (nSPS) is 11.4.